The van der Waals surface area contributed by atoms with Crippen molar-refractivity contribution in [2.75, 3.05) is 32.2 Å². The van der Waals surface area contributed by atoms with Crippen LogP contribution in [0.3, 0.4) is 0 Å². The molecule has 0 unspecified atom stereocenters. The van der Waals surface area contributed by atoms with E-state index in [2.05, 4.69) is 5.32 Å². The summed E-state index contributed by atoms with van der Waals surface area (Å²) in [5.41, 5.74) is 6.10. The van der Waals surface area contributed by atoms with Gasteiger partial charge in [0, 0.05) is 32.4 Å². The Labute approximate surface area is 119 Å². The van der Waals surface area contributed by atoms with Crippen LogP contribution in [-0.4, -0.2) is 32.8 Å². The smallest absolute Gasteiger partial charge is 0.224 e. The number of hydrogen-bond donors (Lipinski definition) is 2. The van der Waals surface area contributed by atoms with E-state index in [9.17, 15) is 4.79 Å². The van der Waals surface area contributed by atoms with E-state index in [1.54, 1.807) is 31.4 Å². The summed E-state index contributed by atoms with van der Waals surface area (Å²) in [4.78, 5) is 11.5. The molecule has 1 aromatic carbocycles. The number of rotatable bonds is 8. The zero-order chi connectivity index (χ0) is 13.2. The topological polar surface area (TPSA) is 73.6 Å². The highest BCUT2D eigenvalue weighted by molar-refractivity contribution is 5.90. The van der Waals surface area contributed by atoms with Gasteiger partial charge in [0.25, 0.3) is 0 Å². The van der Waals surface area contributed by atoms with Gasteiger partial charge in [-0.25, -0.2) is 0 Å². The molecular formula is C13H21ClN2O3. The average Bonchev–Trinajstić information content (AvgIpc) is 2.38. The van der Waals surface area contributed by atoms with Crippen molar-refractivity contribution in [3.05, 3.63) is 24.3 Å². The molecule has 0 saturated carbocycles. The highest BCUT2D eigenvalue weighted by Gasteiger charge is 2.02. The average molecular weight is 289 g/mol. The SMILES string of the molecule is COCCCC(=O)Nc1ccc(OCCN)cc1.Cl. The molecule has 0 saturated heterocycles. The van der Waals surface area contributed by atoms with E-state index in [0.717, 1.165) is 17.9 Å². The van der Waals surface area contributed by atoms with Gasteiger partial charge in [-0.3, -0.25) is 4.79 Å². The van der Waals surface area contributed by atoms with Gasteiger partial charge in [-0.2, -0.15) is 0 Å². The summed E-state index contributed by atoms with van der Waals surface area (Å²) < 4.78 is 10.2. The minimum Gasteiger partial charge on any atom is -0.492 e. The van der Waals surface area contributed by atoms with Gasteiger partial charge in [-0.05, 0) is 30.7 Å². The summed E-state index contributed by atoms with van der Waals surface area (Å²) in [6.45, 7) is 1.57. The predicted octanol–water partition coefficient (Wildman–Crippen LogP) is 1.81. The number of benzene rings is 1. The first-order valence-corrected chi connectivity index (χ1v) is 5.98. The van der Waals surface area contributed by atoms with Gasteiger partial charge in [0.15, 0.2) is 0 Å². The molecule has 0 radical (unpaired) electrons. The van der Waals surface area contributed by atoms with Gasteiger partial charge >= 0.3 is 0 Å². The summed E-state index contributed by atoms with van der Waals surface area (Å²) in [6.07, 6.45) is 1.18. The molecule has 0 aliphatic carbocycles. The number of nitrogens with two attached hydrogens (primary N) is 1. The number of hydrogen-bond acceptors (Lipinski definition) is 4. The number of methoxy groups -OCH3 is 1. The van der Waals surface area contributed by atoms with Gasteiger partial charge in [0.2, 0.25) is 5.91 Å². The lowest BCUT2D eigenvalue weighted by Crippen LogP contribution is -2.12. The summed E-state index contributed by atoms with van der Waals surface area (Å²) in [7, 11) is 1.62. The van der Waals surface area contributed by atoms with Crippen molar-refractivity contribution in [3.8, 4) is 5.75 Å². The van der Waals surface area contributed by atoms with E-state index < -0.39 is 0 Å². The number of halogens is 1. The van der Waals surface area contributed by atoms with Crippen LogP contribution in [0, 0.1) is 0 Å². The molecule has 0 fully saturated rings. The Hall–Kier alpha value is -1.30. The number of anilines is 1. The Kier molecular flexibility index (Phi) is 9.88. The lowest BCUT2D eigenvalue weighted by Gasteiger charge is -2.07. The van der Waals surface area contributed by atoms with Crippen LogP contribution in [-0.2, 0) is 9.53 Å². The van der Waals surface area contributed by atoms with E-state index in [0.29, 0.717) is 26.2 Å². The largest absolute Gasteiger partial charge is 0.492 e. The second-order valence-corrected chi connectivity index (χ2v) is 3.81. The zero-order valence-corrected chi connectivity index (χ0v) is 11.9. The molecule has 3 N–H and O–H groups in total. The third kappa shape index (κ3) is 7.66. The molecule has 1 amide bonds. The molecule has 0 atom stereocenters. The second kappa shape index (κ2) is 10.6. The fraction of sp³-hybridized carbons (Fsp3) is 0.462. The van der Waals surface area contributed by atoms with E-state index in [1.165, 1.54) is 0 Å². The van der Waals surface area contributed by atoms with Crippen LogP contribution in [0.15, 0.2) is 24.3 Å². The quantitative estimate of drug-likeness (QED) is 0.716. The molecule has 0 heterocycles. The molecule has 0 aliphatic rings. The molecule has 5 nitrogen and oxygen atoms in total. The summed E-state index contributed by atoms with van der Waals surface area (Å²) >= 11 is 0. The lowest BCUT2D eigenvalue weighted by atomic mass is 10.2. The van der Waals surface area contributed by atoms with Crippen molar-refractivity contribution < 1.29 is 14.3 Å². The number of carbonyl (C=O) groups is 1. The van der Waals surface area contributed by atoms with Gasteiger partial charge in [0.05, 0.1) is 0 Å². The van der Waals surface area contributed by atoms with Crippen LogP contribution >= 0.6 is 12.4 Å². The van der Waals surface area contributed by atoms with Crippen molar-refractivity contribution in [2.24, 2.45) is 5.73 Å². The molecule has 0 aromatic heterocycles. The normalized spacial score (nSPS) is 9.58. The summed E-state index contributed by atoms with van der Waals surface area (Å²) in [6, 6.07) is 7.22. The maximum absolute atomic E-state index is 11.5. The molecule has 1 rings (SSSR count). The third-order valence-corrected chi connectivity index (χ3v) is 2.28. The van der Waals surface area contributed by atoms with Gasteiger partial charge < -0.3 is 20.5 Å². The van der Waals surface area contributed by atoms with Gasteiger partial charge in [-0.1, -0.05) is 0 Å². The van der Waals surface area contributed by atoms with E-state index in [4.69, 9.17) is 15.2 Å². The van der Waals surface area contributed by atoms with Crippen LogP contribution in [0.2, 0.25) is 0 Å². The number of carbonyl (C=O) groups excluding carboxylic acids is 1. The minimum absolute atomic E-state index is 0. The second-order valence-electron chi connectivity index (χ2n) is 3.81. The van der Waals surface area contributed by atoms with Crippen molar-refractivity contribution in [3.63, 3.8) is 0 Å². The van der Waals surface area contributed by atoms with Gasteiger partial charge in [-0.15, -0.1) is 12.4 Å². The monoisotopic (exact) mass is 288 g/mol. The first-order chi connectivity index (χ1) is 8.76. The Morgan fingerprint density at radius 2 is 1.95 bits per heavy atom. The Morgan fingerprint density at radius 3 is 2.53 bits per heavy atom. The van der Waals surface area contributed by atoms with Crippen molar-refractivity contribution in [1.82, 2.24) is 0 Å². The van der Waals surface area contributed by atoms with Crippen LogP contribution in [0.1, 0.15) is 12.8 Å². The summed E-state index contributed by atoms with van der Waals surface area (Å²) in [5.74, 6) is 0.737. The molecule has 19 heavy (non-hydrogen) atoms. The highest BCUT2D eigenvalue weighted by atomic mass is 35.5. The van der Waals surface area contributed by atoms with Crippen molar-refractivity contribution >= 4 is 24.0 Å². The molecule has 0 aliphatic heterocycles. The van der Waals surface area contributed by atoms with Crippen molar-refractivity contribution in [2.45, 2.75) is 12.8 Å². The molecule has 0 spiro atoms. The minimum atomic E-state index is -0.0114. The lowest BCUT2D eigenvalue weighted by molar-refractivity contribution is -0.116. The van der Waals surface area contributed by atoms with Crippen LogP contribution in [0.5, 0.6) is 5.75 Å². The van der Waals surface area contributed by atoms with E-state index in [-0.39, 0.29) is 18.3 Å². The first kappa shape index (κ1) is 17.7. The Balaban J connectivity index is 0.00000324. The number of ether oxygens (including phenoxy) is 2. The third-order valence-electron chi connectivity index (χ3n) is 2.28. The van der Waals surface area contributed by atoms with Crippen LogP contribution < -0.4 is 15.8 Å². The molecule has 0 bridgehead atoms. The number of nitrogens with one attached hydrogen (secondary N) is 1. The Morgan fingerprint density at radius 1 is 1.26 bits per heavy atom. The number of amides is 1. The van der Waals surface area contributed by atoms with Crippen LogP contribution in [0.25, 0.3) is 0 Å². The Bertz CT molecular complexity index is 357. The molecular weight excluding hydrogens is 268 g/mol. The maximum atomic E-state index is 11.5. The van der Waals surface area contributed by atoms with E-state index >= 15 is 0 Å². The summed E-state index contributed by atoms with van der Waals surface area (Å²) in [5, 5.41) is 2.81. The fourth-order valence-corrected chi connectivity index (χ4v) is 1.41. The zero-order valence-electron chi connectivity index (χ0n) is 11.1. The molecule has 1 aromatic rings. The van der Waals surface area contributed by atoms with Gasteiger partial charge in [0.1, 0.15) is 12.4 Å². The first-order valence-electron chi connectivity index (χ1n) is 5.98. The predicted molar refractivity (Wildman–Crippen MR) is 78.0 cm³/mol. The van der Waals surface area contributed by atoms with Crippen LogP contribution in [0.4, 0.5) is 5.69 Å². The highest BCUT2D eigenvalue weighted by Crippen LogP contribution is 2.15. The molecule has 108 valence electrons. The molecule has 6 heteroatoms. The fourth-order valence-electron chi connectivity index (χ4n) is 1.41. The van der Waals surface area contributed by atoms with E-state index in [1.807, 2.05) is 0 Å². The maximum Gasteiger partial charge on any atom is 0.224 e. The van der Waals surface area contributed by atoms with Crippen molar-refractivity contribution in [1.29, 1.82) is 0 Å². The standard InChI is InChI=1S/C13H20N2O3.ClH/c1-17-9-2-3-13(16)15-11-4-6-12(7-5-11)18-10-8-14;/h4-7H,2-3,8-10,14H2,1H3,(H,15,16);1H.